The molecule has 3 aliphatic heterocycles. The molecule has 0 N–H and O–H groups in total. The molecule has 43 heavy (non-hydrogen) atoms. The molecule has 0 amide bonds. The molecule has 232 valence electrons. The first-order valence-electron chi connectivity index (χ1n) is 15.9. The number of para-hydroxylation sites is 1. The normalized spacial score (nSPS) is 28.6. The lowest BCUT2D eigenvalue weighted by molar-refractivity contribution is -0.0621. The summed E-state index contributed by atoms with van der Waals surface area (Å²) in [7, 11) is 0.566. The molecule has 2 saturated heterocycles. The quantitative estimate of drug-likeness (QED) is 0.0987. The van der Waals surface area contributed by atoms with E-state index in [1.165, 1.54) is 22.5 Å². The van der Waals surface area contributed by atoms with Crippen molar-refractivity contribution in [1.29, 1.82) is 0 Å². The Labute approximate surface area is 263 Å². The fraction of sp³-hybridized carbons (Fsp3) is 0.571. The molecule has 6 rings (SSSR count). The highest BCUT2D eigenvalue weighted by atomic mass is 32.2. The van der Waals surface area contributed by atoms with Crippen molar-refractivity contribution in [3.05, 3.63) is 71.3 Å². The van der Waals surface area contributed by atoms with E-state index < -0.39 is 8.07 Å². The van der Waals surface area contributed by atoms with Crippen LogP contribution >= 0.6 is 11.8 Å². The van der Waals surface area contributed by atoms with E-state index in [-0.39, 0.29) is 11.3 Å². The Morgan fingerprint density at radius 1 is 1.07 bits per heavy atom. The summed E-state index contributed by atoms with van der Waals surface area (Å²) >= 11 is 2.12. The first kappa shape index (κ1) is 31.1. The summed E-state index contributed by atoms with van der Waals surface area (Å²) < 4.78 is 23.8. The summed E-state index contributed by atoms with van der Waals surface area (Å²) in [6, 6.07) is 18.7. The maximum Gasteiger partial charge on any atom is 0.146 e. The minimum absolute atomic E-state index is 0.0309. The monoisotopic (exact) mass is 620 g/mol. The van der Waals surface area contributed by atoms with Crippen LogP contribution in [0.4, 0.5) is 5.69 Å². The van der Waals surface area contributed by atoms with Crippen LogP contribution in [0.2, 0.25) is 25.7 Å². The van der Waals surface area contributed by atoms with Gasteiger partial charge in [-0.2, -0.15) is 11.8 Å². The molecule has 0 radical (unpaired) electrons. The summed E-state index contributed by atoms with van der Waals surface area (Å²) in [5.41, 5.74) is 6.57. The van der Waals surface area contributed by atoms with Gasteiger partial charge in [-0.25, -0.2) is 0 Å². The van der Waals surface area contributed by atoms with E-state index in [2.05, 4.69) is 85.7 Å². The number of aliphatic imine (C=N–C) groups is 1. The second kappa shape index (κ2) is 13.2. The number of hydrogen-bond acceptors (Lipinski definition) is 7. The summed E-state index contributed by atoms with van der Waals surface area (Å²) in [6.07, 6.45) is 3.50. The van der Waals surface area contributed by atoms with Crippen LogP contribution in [0.3, 0.4) is 0 Å². The second-order valence-corrected chi connectivity index (χ2v) is 20.7. The number of methoxy groups -OCH3 is 1. The number of ether oxygens (including phenoxy) is 4. The van der Waals surface area contributed by atoms with E-state index in [1.54, 1.807) is 7.11 Å². The zero-order valence-corrected chi connectivity index (χ0v) is 28.3. The molecule has 6 nitrogen and oxygen atoms in total. The Balaban J connectivity index is 1.23. The fourth-order valence-corrected chi connectivity index (χ4v) is 9.87. The van der Waals surface area contributed by atoms with Crippen molar-refractivity contribution in [1.82, 2.24) is 4.90 Å². The first-order valence-corrected chi connectivity index (χ1v) is 20.7. The largest absolute Gasteiger partial charge is 0.497 e. The Morgan fingerprint density at radius 3 is 2.65 bits per heavy atom. The van der Waals surface area contributed by atoms with E-state index in [0.29, 0.717) is 43.8 Å². The average molecular weight is 621 g/mol. The van der Waals surface area contributed by atoms with Gasteiger partial charge in [0.1, 0.15) is 12.5 Å². The van der Waals surface area contributed by atoms with Crippen LogP contribution in [-0.4, -0.2) is 82.5 Å². The minimum atomic E-state index is -1.13. The molecule has 2 aromatic carbocycles. The lowest BCUT2D eigenvalue weighted by atomic mass is 9.56. The van der Waals surface area contributed by atoms with Gasteiger partial charge in [0.25, 0.3) is 0 Å². The van der Waals surface area contributed by atoms with Gasteiger partial charge in [0, 0.05) is 50.7 Å². The van der Waals surface area contributed by atoms with Crippen molar-refractivity contribution in [2.24, 2.45) is 16.8 Å². The topological polar surface area (TPSA) is 52.5 Å². The van der Waals surface area contributed by atoms with Crippen LogP contribution in [0.25, 0.3) is 0 Å². The van der Waals surface area contributed by atoms with Crippen molar-refractivity contribution in [3.63, 3.8) is 0 Å². The van der Waals surface area contributed by atoms with Crippen molar-refractivity contribution in [2.75, 3.05) is 52.6 Å². The van der Waals surface area contributed by atoms with E-state index in [4.69, 9.17) is 23.9 Å². The van der Waals surface area contributed by atoms with Crippen LogP contribution in [-0.2, 0) is 26.2 Å². The summed E-state index contributed by atoms with van der Waals surface area (Å²) in [5.74, 6) is 2.62. The smallest absolute Gasteiger partial charge is 0.146 e. The van der Waals surface area contributed by atoms with Gasteiger partial charge in [0.2, 0.25) is 0 Å². The van der Waals surface area contributed by atoms with E-state index >= 15 is 0 Å². The standard InChI is InChI=1S/C35H48N2O4SSi/c1-6-42-33-21-37-20-26(15-16-39-22-25-11-13-27(38-2)14-12-25)28-19-32(37)35(33)30-9-7-8-10-31(30)36-34(35)29(28)23-41-24-40-17-18-43(3,4)5/h7-15,28-29,32-33H,6,16-24H2,1-5H3/b26-15-/t28-,29-,32-,33?,35+/m0/s1. The second-order valence-electron chi connectivity index (χ2n) is 13.6. The molecule has 2 aromatic rings. The third kappa shape index (κ3) is 6.16. The highest BCUT2D eigenvalue weighted by Gasteiger charge is 2.67. The molecular weight excluding hydrogens is 573 g/mol. The molecule has 5 atom stereocenters. The predicted octanol–water partition coefficient (Wildman–Crippen LogP) is 6.95. The molecule has 1 unspecified atom stereocenters. The number of nitrogens with zero attached hydrogens (tertiary/aromatic N) is 2. The molecule has 8 heteroatoms. The van der Waals surface area contributed by atoms with Gasteiger partial charge in [0.05, 0.1) is 38.0 Å². The van der Waals surface area contributed by atoms with E-state index in [9.17, 15) is 0 Å². The summed E-state index contributed by atoms with van der Waals surface area (Å²) in [5, 5.41) is 0.493. The molecule has 2 bridgehead atoms. The summed E-state index contributed by atoms with van der Waals surface area (Å²) in [6.45, 7) is 14.5. The maximum absolute atomic E-state index is 6.36. The van der Waals surface area contributed by atoms with Gasteiger partial charge >= 0.3 is 0 Å². The molecule has 1 aliphatic carbocycles. The molecule has 0 aromatic heterocycles. The SMILES string of the molecule is CCSC1CN2C/C(=C/COCc3ccc(OC)cc3)[C@@H]3C[C@H]2[C@@]12C(=Nc1ccccc12)[C@H]3COCOCC[Si](C)(C)C. The zero-order chi connectivity index (χ0) is 30.0. The average Bonchev–Trinajstić information content (AvgIpc) is 3.52. The van der Waals surface area contributed by atoms with Gasteiger partial charge in [0.15, 0.2) is 0 Å². The van der Waals surface area contributed by atoms with Gasteiger partial charge in [-0.1, -0.05) is 68.5 Å². The Bertz CT molecular complexity index is 1330. The number of fused-ring (bicyclic) bond motifs is 2. The Hall–Kier alpha value is -1.94. The zero-order valence-electron chi connectivity index (χ0n) is 26.5. The molecule has 1 saturated carbocycles. The number of piperidine rings is 1. The molecule has 3 heterocycles. The van der Waals surface area contributed by atoms with Crippen LogP contribution in [0.5, 0.6) is 5.75 Å². The summed E-state index contributed by atoms with van der Waals surface area (Å²) in [4.78, 5) is 8.22. The van der Waals surface area contributed by atoms with Gasteiger partial charge in [-0.3, -0.25) is 9.89 Å². The number of thioether (sulfide) groups is 1. The number of hydrogen-bond donors (Lipinski definition) is 0. The van der Waals surface area contributed by atoms with Crippen molar-refractivity contribution >= 4 is 31.2 Å². The lowest BCUT2D eigenvalue weighted by Crippen LogP contribution is -2.62. The highest BCUT2D eigenvalue weighted by Crippen LogP contribution is 2.61. The first-order chi connectivity index (χ1) is 20.8. The van der Waals surface area contributed by atoms with E-state index in [1.807, 2.05) is 12.1 Å². The third-order valence-electron chi connectivity index (χ3n) is 9.78. The minimum Gasteiger partial charge on any atom is -0.497 e. The van der Waals surface area contributed by atoms with Gasteiger partial charge < -0.3 is 18.9 Å². The molecule has 4 aliphatic rings. The Morgan fingerprint density at radius 2 is 1.88 bits per heavy atom. The van der Waals surface area contributed by atoms with E-state index in [0.717, 1.165) is 49.2 Å². The van der Waals surface area contributed by atoms with Gasteiger partial charge in [-0.05, 0) is 53.5 Å². The van der Waals surface area contributed by atoms with Crippen LogP contribution in [0.15, 0.2) is 65.2 Å². The molecule has 1 spiro atoms. The number of benzene rings is 2. The van der Waals surface area contributed by atoms with Crippen LogP contribution in [0.1, 0.15) is 24.5 Å². The number of rotatable bonds is 14. The predicted molar refractivity (Wildman–Crippen MR) is 180 cm³/mol. The van der Waals surface area contributed by atoms with Crippen molar-refractivity contribution < 1.29 is 18.9 Å². The lowest BCUT2D eigenvalue weighted by Gasteiger charge is -2.53. The highest BCUT2D eigenvalue weighted by molar-refractivity contribution is 8.00. The third-order valence-corrected chi connectivity index (χ3v) is 12.7. The molecule has 3 fully saturated rings. The fourth-order valence-electron chi connectivity index (χ4n) is 7.75. The van der Waals surface area contributed by atoms with Gasteiger partial charge in [-0.15, -0.1) is 0 Å². The van der Waals surface area contributed by atoms with Crippen LogP contribution in [0, 0.1) is 11.8 Å². The molecular formula is C35H48N2O4SSi. The van der Waals surface area contributed by atoms with Crippen molar-refractivity contribution in [3.8, 4) is 5.75 Å². The Kier molecular flexibility index (Phi) is 9.53. The van der Waals surface area contributed by atoms with Crippen LogP contribution < -0.4 is 4.74 Å². The van der Waals surface area contributed by atoms with Crippen molar-refractivity contribution in [2.45, 2.75) is 62.3 Å². The maximum atomic E-state index is 6.36.